The van der Waals surface area contributed by atoms with E-state index in [1.165, 1.54) is 0 Å². The molecule has 0 bridgehead atoms. The summed E-state index contributed by atoms with van der Waals surface area (Å²) in [5, 5.41) is 3.31. The molecule has 2 nitrogen and oxygen atoms in total. The molecule has 0 spiro atoms. The first-order valence-corrected chi connectivity index (χ1v) is 3.69. The quantitative estimate of drug-likeness (QED) is 0.564. The van der Waals surface area contributed by atoms with E-state index < -0.39 is 0 Å². The Balaban J connectivity index is 2.23. The van der Waals surface area contributed by atoms with Gasteiger partial charge in [-0.2, -0.15) is 0 Å². The highest BCUT2D eigenvalue weighted by Gasteiger charge is 2.15. The van der Waals surface area contributed by atoms with Crippen molar-refractivity contribution < 1.29 is 4.74 Å². The van der Waals surface area contributed by atoms with E-state index >= 15 is 0 Å². The Morgan fingerprint density at radius 2 is 2.33 bits per heavy atom. The van der Waals surface area contributed by atoms with Gasteiger partial charge < -0.3 is 10.1 Å². The van der Waals surface area contributed by atoms with E-state index in [1.54, 1.807) is 0 Å². The molecule has 9 heavy (non-hydrogen) atoms. The minimum Gasteiger partial charge on any atom is -0.373 e. The predicted molar refractivity (Wildman–Crippen MR) is 37.5 cm³/mol. The lowest BCUT2D eigenvalue weighted by molar-refractivity contribution is -0.0283. The van der Waals surface area contributed by atoms with Gasteiger partial charge in [0.2, 0.25) is 0 Å². The van der Waals surface area contributed by atoms with Crippen LogP contribution in [0.15, 0.2) is 0 Å². The molecule has 0 saturated carbocycles. The summed E-state index contributed by atoms with van der Waals surface area (Å²) >= 11 is 0. The standard InChI is InChI=1S/C7H15NO/c1-3-7-5-8-4-6(2)9-7/h6-8H,3-5H2,1-2H3/t6-,7?/m0/s1. The van der Waals surface area contributed by atoms with Crippen LogP contribution in [0.25, 0.3) is 0 Å². The smallest absolute Gasteiger partial charge is 0.0701 e. The van der Waals surface area contributed by atoms with E-state index in [4.69, 9.17) is 4.74 Å². The van der Waals surface area contributed by atoms with Crippen LogP contribution in [0.1, 0.15) is 20.3 Å². The average molecular weight is 129 g/mol. The normalized spacial score (nSPS) is 36.7. The molecule has 0 aromatic heterocycles. The zero-order valence-corrected chi connectivity index (χ0v) is 6.18. The molecule has 1 N–H and O–H groups in total. The molecule has 1 aliphatic rings. The van der Waals surface area contributed by atoms with Gasteiger partial charge >= 0.3 is 0 Å². The van der Waals surface area contributed by atoms with Crippen LogP contribution in [0, 0.1) is 0 Å². The summed E-state index contributed by atoms with van der Waals surface area (Å²) in [5.41, 5.74) is 0. The van der Waals surface area contributed by atoms with Gasteiger partial charge in [-0.1, -0.05) is 6.92 Å². The van der Waals surface area contributed by atoms with Gasteiger partial charge in [0.15, 0.2) is 0 Å². The van der Waals surface area contributed by atoms with Crippen molar-refractivity contribution in [2.75, 3.05) is 13.1 Å². The van der Waals surface area contributed by atoms with Gasteiger partial charge in [-0.3, -0.25) is 0 Å². The van der Waals surface area contributed by atoms with Gasteiger partial charge in [0, 0.05) is 13.1 Å². The second kappa shape index (κ2) is 3.18. The molecule has 1 unspecified atom stereocenters. The second-order valence-electron chi connectivity index (χ2n) is 2.64. The molecular weight excluding hydrogens is 114 g/mol. The second-order valence-corrected chi connectivity index (χ2v) is 2.64. The first-order valence-electron chi connectivity index (χ1n) is 3.69. The highest BCUT2D eigenvalue weighted by molar-refractivity contribution is 4.69. The first kappa shape index (κ1) is 7.03. The Morgan fingerprint density at radius 3 is 2.78 bits per heavy atom. The minimum atomic E-state index is 0.406. The van der Waals surface area contributed by atoms with Crippen molar-refractivity contribution in [2.45, 2.75) is 32.5 Å². The molecule has 1 saturated heterocycles. The number of ether oxygens (including phenoxy) is 1. The van der Waals surface area contributed by atoms with Crippen LogP contribution in [0.5, 0.6) is 0 Å². The number of rotatable bonds is 1. The molecule has 0 aromatic carbocycles. The Morgan fingerprint density at radius 1 is 1.56 bits per heavy atom. The van der Waals surface area contributed by atoms with Gasteiger partial charge in [0.05, 0.1) is 12.2 Å². The number of nitrogens with one attached hydrogen (secondary N) is 1. The van der Waals surface area contributed by atoms with Crippen LogP contribution < -0.4 is 5.32 Å². The molecule has 2 atom stereocenters. The van der Waals surface area contributed by atoms with Crippen LogP contribution in [-0.4, -0.2) is 25.3 Å². The lowest BCUT2D eigenvalue weighted by atomic mass is 10.2. The SMILES string of the molecule is CCC1CNC[C@H](C)O1. The average Bonchev–Trinajstić information content (AvgIpc) is 1.88. The fraction of sp³-hybridized carbons (Fsp3) is 1.00. The molecule has 1 aliphatic heterocycles. The maximum Gasteiger partial charge on any atom is 0.0701 e. The van der Waals surface area contributed by atoms with Gasteiger partial charge in [-0.25, -0.2) is 0 Å². The van der Waals surface area contributed by atoms with E-state index in [0.717, 1.165) is 19.5 Å². The lowest BCUT2D eigenvalue weighted by Gasteiger charge is -2.27. The van der Waals surface area contributed by atoms with E-state index in [2.05, 4.69) is 19.2 Å². The summed E-state index contributed by atoms with van der Waals surface area (Å²) in [6, 6.07) is 0. The fourth-order valence-electron chi connectivity index (χ4n) is 1.11. The third kappa shape index (κ3) is 1.95. The molecule has 54 valence electrons. The maximum absolute atomic E-state index is 5.57. The monoisotopic (exact) mass is 129 g/mol. The molecule has 2 heteroatoms. The molecule has 1 heterocycles. The van der Waals surface area contributed by atoms with Crippen molar-refractivity contribution >= 4 is 0 Å². The van der Waals surface area contributed by atoms with Crippen LogP contribution in [0.2, 0.25) is 0 Å². The molecular formula is C7H15NO. The summed E-state index contributed by atoms with van der Waals surface area (Å²) in [6.07, 6.45) is 1.98. The maximum atomic E-state index is 5.57. The summed E-state index contributed by atoms with van der Waals surface area (Å²) in [5.74, 6) is 0. The van der Waals surface area contributed by atoms with Crippen molar-refractivity contribution in [2.24, 2.45) is 0 Å². The Kier molecular flexibility index (Phi) is 2.49. The third-order valence-corrected chi connectivity index (χ3v) is 1.68. The van der Waals surface area contributed by atoms with Crippen molar-refractivity contribution in [3.05, 3.63) is 0 Å². The fourth-order valence-corrected chi connectivity index (χ4v) is 1.11. The van der Waals surface area contributed by atoms with Gasteiger partial charge in [-0.15, -0.1) is 0 Å². The van der Waals surface area contributed by atoms with Gasteiger partial charge in [0.25, 0.3) is 0 Å². The van der Waals surface area contributed by atoms with E-state index in [0.29, 0.717) is 12.2 Å². The van der Waals surface area contributed by atoms with Crippen LogP contribution in [0.4, 0.5) is 0 Å². The van der Waals surface area contributed by atoms with E-state index in [1.807, 2.05) is 0 Å². The van der Waals surface area contributed by atoms with Crippen LogP contribution in [-0.2, 0) is 4.74 Å². The molecule has 0 amide bonds. The highest BCUT2D eigenvalue weighted by atomic mass is 16.5. The van der Waals surface area contributed by atoms with Crippen molar-refractivity contribution in [3.8, 4) is 0 Å². The minimum absolute atomic E-state index is 0.406. The highest BCUT2D eigenvalue weighted by Crippen LogP contribution is 2.05. The Bertz CT molecular complexity index is 85.0. The van der Waals surface area contributed by atoms with Gasteiger partial charge in [-0.05, 0) is 13.3 Å². The van der Waals surface area contributed by atoms with E-state index in [-0.39, 0.29) is 0 Å². The van der Waals surface area contributed by atoms with Crippen LogP contribution >= 0.6 is 0 Å². The third-order valence-electron chi connectivity index (χ3n) is 1.68. The Hall–Kier alpha value is -0.0800. The zero-order chi connectivity index (χ0) is 6.69. The number of morpholine rings is 1. The summed E-state index contributed by atoms with van der Waals surface area (Å²) < 4.78 is 5.57. The molecule has 0 radical (unpaired) electrons. The molecule has 0 aliphatic carbocycles. The van der Waals surface area contributed by atoms with Crippen molar-refractivity contribution in [1.82, 2.24) is 5.32 Å². The number of hydrogen-bond acceptors (Lipinski definition) is 2. The first-order chi connectivity index (χ1) is 4.33. The summed E-state index contributed by atoms with van der Waals surface area (Å²) in [7, 11) is 0. The largest absolute Gasteiger partial charge is 0.373 e. The molecule has 0 aromatic rings. The summed E-state index contributed by atoms with van der Waals surface area (Å²) in [4.78, 5) is 0. The molecule has 1 rings (SSSR count). The Labute approximate surface area is 56.6 Å². The lowest BCUT2D eigenvalue weighted by Crippen LogP contribution is -2.42. The van der Waals surface area contributed by atoms with Crippen LogP contribution in [0.3, 0.4) is 0 Å². The molecule has 1 fully saturated rings. The van der Waals surface area contributed by atoms with Gasteiger partial charge in [0.1, 0.15) is 0 Å². The number of hydrogen-bond donors (Lipinski definition) is 1. The van der Waals surface area contributed by atoms with Crippen molar-refractivity contribution in [1.29, 1.82) is 0 Å². The topological polar surface area (TPSA) is 21.3 Å². The predicted octanol–water partition coefficient (Wildman–Crippen LogP) is 0.773. The van der Waals surface area contributed by atoms with E-state index in [9.17, 15) is 0 Å². The summed E-state index contributed by atoms with van der Waals surface area (Å²) in [6.45, 7) is 6.30. The van der Waals surface area contributed by atoms with Crippen molar-refractivity contribution in [3.63, 3.8) is 0 Å². The zero-order valence-electron chi connectivity index (χ0n) is 6.18.